The molecule has 1 aromatic heterocycles. The van der Waals surface area contributed by atoms with Gasteiger partial charge in [0.05, 0.1) is 18.1 Å². The third-order valence-corrected chi connectivity index (χ3v) is 4.26. The second kappa shape index (κ2) is 6.85. The zero-order valence-corrected chi connectivity index (χ0v) is 13.3. The minimum Gasteiger partial charge on any atom is -0.457 e. The zero-order valence-electron chi connectivity index (χ0n) is 12.5. The molecule has 1 aliphatic heterocycles. The molecule has 2 amide bonds. The number of imide groups is 1. The third kappa shape index (κ3) is 3.38. The van der Waals surface area contributed by atoms with Crippen LogP contribution in [0.5, 0.6) is 0 Å². The van der Waals surface area contributed by atoms with E-state index in [9.17, 15) is 9.59 Å². The number of methoxy groups -OCH3 is 1. The van der Waals surface area contributed by atoms with Crippen molar-refractivity contribution in [1.82, 2.24) is 4.90 Å². The molecule has 2 heterocycles. The van der Waals surface area contributed by atoms with E-state index >= 15 is 0 Å². The summed E-state index contributed by atoms with van der Waals surface area (Å²) >= 11 is 0.915. The van der Waals surface area contributed by atoms with Crippen LogP contribution in [0.2, 0.25) is 0 Å². The second-order valence-electron chi connectivity index (χ2n) is 4.89. The normalized spacial score (nSPS) is 16.6. The molecular formula is C17H15NO4S. The molecule has 0 N–H and O–H groups in total. The number of rotatable bonds is 5. The number of carbonyl (C=O) groups excluding carboxylic acids is 2. The highest BCUT2D eigenvalue weighted by atomic mass is 32.2. The van der Waals surface area contributed by atoms with E-state index in [-0.39, 0.29) is 17.7 Å². The summed E-state index contributed by atoms with van der Waals surface area (Å²) in [5.41, 5.74) is 0.959. The highest BCUT2D eigenvalue weighted by Crippen LogP contribution is 2.33. The average molecular weight is 329 g/mol. The Kier molecular flexibility index (Phi) is 4.64. The monoisotopic (exact) mass is 329 g/mol. The summed E-state index contributed by atoms with van der Waals surface area (Å²) in [7, 11) is 1.53. The SMILES string of the molecule is COCCN1C(=O)S/C(=C/c2ccc(-c3ccccc3)o2)C1=O. The van der Waals surface area contributed by atoms with Crippen LogP contribution in [-0.2, 0) is 9.53 Å². The lowest BCUT2D eigenvalue weighted by Gasteiger charge is -2.10. The lowest BCUT2D eigenvalue weighted by Crippen LogP contribution is -2.31. The number of nitrogens with zero attached hydrogens (tertiary/aromatic N) is 1. The molecule has 0 spiro atoms. The number of carbonyl (C=O) groups is 2. The first-order chi connectivity index (χ1) is 11.2. The molecule has 0 aliphatic carbocycles. The van der Waals surface area contributed by atoms with Crippen LogP contribution in [-0.4, -0.2) is 36.3 Å². The number of hydrogen-bond donors (Lipinski definition) is 0. The lowest BCUT2D eigenvalue weighted by molar-refractivity contribution is -0.123. The maximum atomic E-state index is 12.2. The van der Waals surface area contributed by atoms with E-state index in [0.717, 1.165) is 23.1 Å². The first kappa shape index (κ1) is 15.6. The number of hydrogen-bond acceptors (Lipinski definition) is 5. The van der Waals surface area contributed by atoms with Crippen LogP contribution in [0.15, 0.2) is 51.8 Å². The zero-order chi connectivity index (χ0) is 16.2. The fraction of sp³-hybridized carbons (Fsp3) is 0.176. The molecule has 1 fully saturated rings. The maximum absolute atomic E-state index is 12.2. The minimum atomic E-state index is -0.310. The number of amides is 2. The lowest BCUT2D eigenvalue weighted by atomic mass is 10.2. The summed E-state index contributed by atoms with van der Waals surface area (Å²) in [4.78, 5) is 25.6. The predicted molar refractivity (Wildman–Crippen MR) is 88.7 cm³/mol. The molecule has 1 saturated heterocycles. The first-order valence-corrected chi connectivity index (χ1v) is 7.90. The molecule has 3 rings (SSSR count). The van der Waals surface area contributed by atoms with Crippen molar-refractivity contribution in [2.24, 2.45) is 0 Å². The van der Waals surface area contributed by atoms with Crippen LogP contribution >= 0.6 is 11.8 Å². The molecular weight excluding hydrogens is 314 g/mol. The van der Waals surface area contributed by atoms with Crippen molar-refractivity contribution in [2.45, 2.75) is 0 Å². The van der Waals surface area contributed by atoms with Gasteiger partial charge < -0.3 is 9.15 Å². The predicted octanol–water partition coefficient (Wildman–Crippen LogP) is 3.63. The van der Waals surface area contributed by atoms with Gasteiger partial charge in [-0.2, -0.15) is 0 Å². The van der Waals surface area contributed by atoms with Crippen molar-refractivity contribution in [3.63, 3.8) is 0 Å². The number of ether oxygens (including phenoxy) is 1. The molecule has 0 saturated carbocycles. The summed E-state index contributed by atoms with van der Waals surface area (Å²) in [6, 6.07) is 13.3. The molecule has 1 aromatic carbocycles. The Morgan fingerprint density at radius 1 is 1.17 bits per heavy atom. The van der Waals surface area contributed by atoms with Gasteiger partial charge in [0.2, 0.25) is 0 Å². The highest BCUT2D eigenvalue weighted by Gasteiger charge is 2.34. The molecule has 2 aromatic rings. The van der Waals surface area contributed by atoms with Gasteiger partial charge in [0.15, 0.2) is 0 Å². The first-order valence-electron chi connectivity index (χ1n) is 7.08. The van der Waals surface area contributed by atoms with Gasteiger partial charge in [-0.25, -0.2) is 0 Å². The molecule has 6 heteroatoms. The van der Waals surface area contributed by atoms with E-state index < -0.39 is 0 Å². The van der Waals surface area contributed by atoms with E-state index in [4.69, 9.17) is 9.15 Å². The molecule has 0 bridgehead atoms. The van der Waals surface area contributed by atoms with Gasteiger partial charge in [0, 0.05) is 18.7 Å². The van der Waals surface area contributed by atoms with Crippen molar-refractivity contribution in [2.75, 3.05) is 20.3 Å². The summed E-state index contributed by atoms with van der Waals surface area (Å²) in [5, 5.41) is -0.284. The van der Waals surface area contributed by atoms with Crippen molar-refractivity contribution < 1.29 is 18.7 Å². The van der Waals surface area contributed by atoms with E-state index in [1.54, 1.807) is 12.1 Å². The van der Waals surface area contributed by atoms with Gasteiger partial charge in [-0.3, -0.25) is 14.5 Å². The third-order valence-electron chi connectivity index (χ3n) is 3.35. The Hall–Kier alpha value is -2.31. The summed E-state index contributed by atoms with van der Waals surface area (Å²) in [6.07, 6.45) is 1.60. The molecule has 0 unspecified atom stereocenters. The van der Waals surface area contributed by atoms with Gasteiger partial charge in [0.1, 0.15) is 11.5 Å². The van der Waals surface area contributed by atoms with Crippen molar-refractivity contribution >= 4 is 29.0 Å². The average Bonchev–Trinajstić information content (AvgIpc) is 3.13. The topological polar surface area (TPSA) is 59.8 Å². The summed E-state index contributed by atoms with van der Waals surface area (Å²) in [6.45, 7) is 0.580. The standard InChI is InChI=1S/C17H15NO4S/c1-21-10-9-18-16(19)15(23-17(18)20)11-13-7-8-14(22-13)12-5-3-2-4-6-12/h2-8,11H,9-10H2,1H3/b15-11+. The van der Waals surface area contributed by atoms with E-state index in [1.165, 1.54) is 12.0 Å². The van der Waals surface area contributed by atoms with Crippen molar-refractivity contribution in [1.29, 1.82) is 0 Å². The Balaban J connectivity index is 1.79. The molecule has 1 aliphatic rings. The van der Waals surface area contributed by atoms with Crippen LogP contribution in [0.3, 0.4) is 0 Å². The number of furan rings is 1. The molecule has 23 heavy (non-hydrogen) atoms. The van der Waals surface area contributed by atoms with Crippen molar-refractivity contribution in [3.8, 4) is 11.3 Å². The van der Waals surface area contributed by atoms with E-state index in [1.807, 2.05) is 36.4 Å². The Morgan fingerprint density at radius 2 is 1.96 bits per heavy atom. The van der Waals surface area contributed by atoms with Gasteiger partial charge in [-0.15, -0.1) is 0 Å². The van der Waals surface area contributed by atoms with Gasteiger partial charge >= 0.3 is 0 Å². The van der Waals surface area contributed by atoms with Crippen LogP contribution in [0.4, 0.5) is 4.79 Å². The van der Waals surface area contributed by atoms with Crippen LogP contribution < -0.4 is 0 Å². The Morgan fingerprint density at radius 3 is 2.70 bits per heavy atom. The van der Waals surface area contributed by atoms with E-state index in [0.29, 0.717) is 17.3 Å². The van der Waals surface area contributed by atoms with Gasteiger partial charge in [-0.1, -0.05) is 30.3 Å². The number of thioether (sulfide) groups is 1. The highest BCUT2D eigenvalue weighted by molar-refractivity contribution is 8.18. The second-order valence-corrected chi connectivity index (χ2v) is 5.89. The fourth-order valence-corrected chi connectivity index (χ4v) is 3.04. The van der Waals surface area contributed by atoms with Crippen LogP contribution in [0, 0.1) is 0 Å². The maximum Gasteiger partial charge on any atom is 0.293 e. The number of benzene rings is 1. The molecule has 0 radical (unpaired) electrons. The largest absolute Gasteiger partial charge is 0.457 e. The molecule has 118 valence electrons. The summed E-state index contributed by atoms with van der Waals surface area (Å²) < 4.78 is 10.6. The van der Waals surface area contributed by atoms with Crippen LogP contribution in [0.25, 0.3) is 17.4 Å². The van der Waals surface area contributed by atoms with Crippen LogP contribution in [0.1, 0.15) is 5.76 Å². The quantitative estimate of drug-likeness (QED) is 0.784. The minimum absolute atomic E-state index is 0.256. The fourth-order valence-electron chi connectivity index (χ4n) is 2.19. The molecule has 0 atom stereocenters. The molecule has 5 nitrogen and oxygen atoms in total. The van der Waals surface area contributed by atoms with Crippen molar-refractivity contribution in [3.05, 3.63) is 53.1 Å². The van der Waals surface area contributed by atoms with Gasteiger partial charge in [0.25, 0.3) is 11.1 Å². The Labute approximate surface area is 137 Å². The smallest absolute Gasteiger partial charge is 0.293 e. The van der Waals surface area contributed by atoms with Gasteiger partial charge in [-0.05, 0) is 23.9 Å². The Bertz CT molecular complexity index is 751. The summed E-state index contributed by atoms with van der Waals surface area (Å²) in [5.74, 6) is 0.950. The van der Waals surface area contributed by atoms with E-state index in [2.05, 4.69) is 0 Å².